The second-order valence-electron chi connectivity index (χ2n) is 8.53. The van der Waals surface area contributed by atoms with Crippen molar-refractivity contribution in [1.82, 2.24) is 5.32 Å². The van der Waals surface area contributed by atoms with Crippen molar-refractivity contribution < 1.29 is 4.74 Å². The lowest BCUT2D eigenvalue weighted by Crippen LogP contribution is -2.23. The fraction of sp³-hybridized carbons (Fsp3) is 0.444. The van der Waals surface area contributed by atoms with Crippen LogP contribution in [0.1, 0.15) is 52.4 Å². The van der Waals surface area contributed by atoms with Gasteiger partial charge < -0.3 is 15.4 Å². The molecule has 0 spiro atoms. The van der Waals surface area contributed by atoms with E-state index < -0.39 is 0 Å². The van der Waals surface area contributed by atoms with Gasteiger partial charge in [-0.2, -0.15) is 0 Å². The summed E-state index contributed by atoms with van der Waals surface area (Å²) in [6.45, 7) is 6.23. The number of allylic oxidation sites excluding steroid dienone is 5. The van der Waals surface area contributed by atoms with Crippen molar-refractivity contribution in [3.05, 3.63) is 71.6 Å². The van der Waals surface area contributed by atoms with Crippen LogP contribution in [0.15, 0.2) is 76.6 Å². The van der Waals surface area contributed by atoms with Crippen molar-refractivity contribution in [2.75, 3.05) is 18.4 Å². The summed E-state index contributed by atoms with van der Waals surface area (Å²) < 4.78 is 6.20. The first-order valence-corrected chi connectivity index (χ1v) is 11.8. The molecule has 164 valence electrons. The van der Waals surface area contributed by atoms with Crippen LogP contribution in [0.25, 0.3) is 0 Å². The minimum atomic E-state index is 0.203. The standard InChI is InChI=1S/C27H35N3O/c1-3-16-28-18-20(4-2)25-19-29-27-24(25)14-7-8-15-26(27)30-21-10-9-13-23(17-21)31-22-11-5-6-12-22/h4,7,9-10,13-15,17,19,22,24,28,30H,3,5-6,8,11-12,16,18H2,1-2H3/b20-4+. The Bertz CT molecular complexity index is 916. The Morgan fingerprint density at radius 3 is 2.94 bits per heavy atom. The number of rotatable bonds is 9. The minimum absolute atomic E-state index is 0.203. The first-order valence-electron chi connectivity index (χ1n) is 11.8. The van der Waals surface area contributed by atoms with E-state index in [1.807, 2.05) is 6.20 Å². The average Bonchev–Trinajstić information content (AvgIpc) is 3.40. The number of hydrogen-bond donors (Lipinski definition) is 2. The van der Waals surface area contributed by atoms with E-state index in [4.69, 9.17) is 9.73 Å². The lowest BCUT2D eigenvalue weighted by Gasteiger charge is -2.19. The second kappa shape index (κ2) is 10.6. The van der Waals surface area contributed by atoms with E-state index in [0.29, 0.717) is 6.10 Å². The lowest BCUT2D eigenvalue weighted by molar-refractivity contribution is 0.210. The van der Waals surface area contributed by atoms with Crippen molar-refractivity contribution in [3.63, 3.8) is 0 Å². The van der Waals surface area contributed by atoms with Crippen LogP contribution < -0.4 is 15.4 Å². The molecule has 4 nitrogen and oxygen atoms in total. The lowest BCUT2D eigenvalue weighted by atomic mass is 9.89. The maximum Gasteiger partial charge on any atom is 0.121 e. The molecule has 0 radical (unpaired) electrons. The number of anilines is 1. The highest BCUT2D eigenvalue weighted by Crippen LogP contribution is 2.33. The maximum atomic E-state index is 6.20. The largest absolute Gasteiger partial charge is 0.490 e. The normalized spacial score (nSPS) is 21.3. The van der Waals surface area contributed by atoms with Crippen LogP contribution in [0.2, 0.25) is 0 Å². The van der Waals surface area contributed by atoms with Gasteiger partial charge in [0.2, 0.25) is 0 Å². The number of nitrogens with zero attached hydrogens (tertiary/aromatic N) is 1. The van der Waals surface area contributed by atoms with Crippen LogP contribution in [-0.2, 0) is 0 Å². The molecule has 0 amide bonds. The molecule has 1 aromatic rings. The van der Waals surface area contributed by atoms with Gasteiger partial charge in [0.15, 0.2) is 0 Å². The van der Waals surface area contributed by atoms with E-state index in [-0.39, 0.29) is 5.92 Å². The molecule has 2 aliphatic carbocycles. The molecule has 1 unspecified atom stereocenters. The maximum absolute atomic E-state index is 6.20. The Hall–Kier alpha value is -2.59. The molecule has 0 saturated heterocycles. The smallest absolute Gasteiger partial charge is 0.121 e. The minimum Gasteiger partial charge on any atom is -0.490 e. The highest BCUT2D eigenvalue weighted by molar-refractivity contribution is 6.09. The zero-order valence-electron chi connectivity index (χ0n) is 18.9. The van der Waals surface area contributed by atoms with Gasteiger partial charge in [-0.25, -0.2) is 0 Å². The molecule has 1 aromatic carbocycles. The van der Waals surface area contributed by atoms with Gasteiger partial charge in [-0.05, 0) is 75.3 Å². The SMILES string of the molecule is C/C=C(\CNCCC)C1=CN=C2C(Nc3cccc(OC4CCCC4)c3)=CCC=CC12. The number of ether oxygens (including phenoxy) is 1. The van der Waals surface area contributed by atoms with Gasteiger partial charge in [-0.15, -0.1) is 0 Å². The molecule has 1 aliphatic heterocycles. The molecule has 3 aliphatic rings. The number of aliphatic imine (C=N–C) groups is 1. The summed E-state index contributed by atoms with van der Waals surface area (Å²) in [6.07, 6.45) is 18.4. The van der Waals surface area contributed by atoms with Gasteiger partial charge in [0.1, 0.15) is 5.75 Å². The summed E-state index contributed by atoms with van der Waals surface area (Å²) in [4.78, 5) is 4.85. The Balaban J connectivity index is 1.45. The molecule has 1 fully saturated rings. The zero-order valence-corrected chi connectivity index (χ0v) is 18.9. The molecule has 0 bridgehead atoms. The molecule has 1 heterocycles. The zero-order chi connectivity index (χ0) is 21.5. The van der Waals surface area contributed by atoms with Crippen molar-refractivity contribution in [2.45, 2.75) is 58.5 Å². The molecule has 4 rings (SSSR count). The Morgan fingerprint density at radius 1 is 1.26 bits per heavy atom. The highest BCUT2D eigenvalue weighted by atomic mass is 16.5. The predicted octanol–water partition coefficient (Wildman–Crippen LogP) is 6.16. The van der Waals surface area contributed by atoms with E-state index in [0.717, 1.165) is 48.8 Å². The van der Waals surface area contributed by atoms with Gasteiger partial charge in [-0.3, -0.25) is 4.99 Å². The fourth-order valence-electron chi connectivity index (χ4n) is 4.55. The molecule has 1 saturated carbocycles. The first kappa shape index (κ1) is 21.6. The first-order chi connectivity index (χ1) is 15.3. The Labute approximate surface area is 186 Å². The van der Waals surface area contributed by atoms with Crippen LogP contribution in [-0.4, -0.2) is 24.9 Å². The second-order valence-corrected chi connectivity index (χ2v) is 8.53. The Morgan fingerprint density at radius 2 is 2.13 bits per heavy atom. The molecule has 31 heavy (non-hydrogen) atoms. The monoisotopic (exact) mass is 417 g/mol. The summed E-state index contributed by atoms with van der Waals surface area (Å²) in [5, 5.41) is 7.16. The summed E-state index contributed by atoms with van der Waals surface area (Å²) in [5.74, 6) is 1.15. The third kappa shape index (κ3) is 5.37. The van der Waals surface area contributed by atoms with Crippen molar-refractivity contribution in [1.29, 1.82) is 0 Å². The summed E-state index contributed by atoms with van der Waals surface area (Å²) in [7, 11) is 0. The predicted molar refractivity (Wildman–Crippen MR) is 131 cm³/mol. The van der Waals surface area contributed by atoms with E-state index in [2.05, 4.69) is 73.1 Å². The number of nitrogens with one attached hydrogen (secondary N) is 2. The third-order valence-electron chi connectivity index (χ3n) is 6.21. The van der Waals surface area contributed by atoms with Gasteiger partial charge in [-0.1, -0.05) is 37.3 Å². The third-order valence-corrected chi connectivity index (χ3v) is 6.21. The molecular weight excluding hydrogens is 382 g/mol. The number of benzene rings is 1. The number of hydrogen-bond acceptors (Lipinski definition) is 4. The van der Waals surface area contributed by atoms with Gasteiger partial charge in [0.05, 0.1) is 17.5 Å². The topological polar surface area (TPSA) is 45.7 Å². The van der Waals surface area contributed by atoms with Gasteiger partial charge >= 0.3 is 0 Å². The quantitative estimate of drug-likeness (QED) is 0.373. The number of fused-ring (bicyclic) bond motifs is 1. The Kier molecular flexibility index (Phi) is 7.42. The van der Waals surface area contributed by atoms with Crippen molar-refractivity contribution in [2.24, 2.45) is 10.9 Å². The summed E-state index contributed by atoms with van der Waals surface area (Å²) in [5.41, 5.74) is 5.87. The van der Waals surface area contributed by atoms with Crippen LogP contribution in [0, 0.1) is 5.92 Å². The molecule has 4 heteroatoms. The molecule has 2 N–H and O–H groups in total. The summed E-state index contributed by atoms with van der Waals surface area (Å²) >= 11 is 0. The van der Waals surface area contributed by atoms with Crippen LogP contribution >= 0.6 is 0 Å². The molecular formula is C27H35N3O. The average molecular weight is 418 g/mol. The molecule has 0 aromatic heterocycles. The highest BCUT2D eigenvalue weighted by Gasteiger charge is 2.28. The fourth-order valence-corrected chi connectivity index (χ4v) is 4.55. The van der Waals surface area contributed by atoms with E-state index in [1.165, 1.54) is 36.8 Å². The van der Waals surface area contributed by atoms with E-state index in [1.54, 1.807) is 0 Å². The van der Waals surface area contributed by atoms with Gasteiger partial charge in [0, 0.05) is 30.4 Å². The summed E-state index contributed by atoms with van der Waals surface area (Å²) in [6, 6.07) is 8.34. The van der Waals surface area contributed by atoms with E-state index in [9.17, 15) is 0 Å². The van der Waals surface area contributed by atoms with Gasteiger partial charge in [0.25, 0.3) is 0 Å². The van der Waals surface area contributed by atoms with E-state index >= 15 is 0 Å². The van der Waals surface area contributed by atoms with Crippen molar-refractivity contribution >= 4 is 11.4 Å². The van der Waals surface area contributed by atoms with Crippen LogP contribution in [0.5, 0.6) is 5.75 Å². The van der Waals surface area contributed by atoms with Crippen molar-refractivity contribution in [3.8, 4) is 5.75 Å². The van der Waals surface area contributed by atoms with Crippen LogP contribution in [0.3, 0.4) is 0 Å². The molecule has 1 atom stereocenters. The van der Waals surface area contributed by atoms with Crippen LogP contribution in [0.4, 0.5) is 5.69 Å².